The number of benzene rings is 1. The first-order valence-electron chi connectivity index (χ1n) is 7.04. The molecule has 0 unspecified atom stereocenters. The van der Waals surface area contributed by atoms with Crippen LogP contribution >= 0.6 is 0 Å². The predicted molar refractivity (Wildman–Crippen MR) is 84.7 cm³/mol. The molecular formula is C16H22N4. The minimum Gasteiger partial charge on any atom is -0.370 e. The van der Waals surface area contributed by atoms with Gasteiger partial charge in [-0.1, -0.05) is 26.0 Å². The van der Waals surface area contributed by atoms with Crippen LogP contribution in [0.3, 0.4) is 0 Å². The maximum atomic E-state index is 4.41. The van der Waals surface area contributed by atoms with E-state index in [1.54, 1.807) is 6.33 Å². The third kappa shape index (κ3) is 3.26. The fourth-order valence-corrected chi connectivity index (χ4v) is 2.21. The molecule has 20 heavy (non-hydrogen) atoms. The van der Waals surface area contributed by atoms with Crippen LogP contribution in [-0.4, -0.2) is 16.5 Å². The lowest BCUT2D eigenvalue weighted by Gasteiger charge is -2.17. The Bertz CT molecular complexity index is 578. The summed E-state index contributed by atoms with van der Waals surface area (Å²) in [6.07, 6.45) is 1.60. The molecule has 0 spiro atoms. The van der Waals surface area contributed by atoms with Crippen LogP contribution in [0.4, 0.5) is 17.3 Å². The molecule has 2 rings (SSSR count). The van der Waals surface area contributed by atoms with Crippen molar-refractivity contribution in [3.05, 3.63) is 41.7 Å². The molecule has 0 radical (unpaired) electrons. The highest BCUT2D eigenvalue weighted by atomic mass is 15.1. The van der Waals surface area contributed by atoms with Crippen LogP contribution in [0.2, 0.25) is 0 Å². The van der Waals surface area contributed by atoms with Crippen molar-refractivity contribution >= 4 is 17.3 Å². The Morgan fingerprint density at radius 3 is 2.55 bits per heavy atom. The third-order valence-corrected chi connectivity index (χ3v) is 3.09. The number of hydrogen-bond donors (Lipinski definition) is 2. The molecule has 0 aliphatic rings. The van der Waals surface area contributed by atoms with Gasteiger partial charge in [0, 0.05) is 17.8 Å². The Morgan fingerprint density at radius 2 is 1.90 bits per heavy atom. The molecule has 0 atom stereocenters. The van der Waals surface area contributed by atoms with Crippen molar-refractivity contribution in [1.82, 2.24) is 9.97 Å². The van der Waals surface area contributed by atoms with E-state index >= 15 is 0 Å². The van der Waals surface area contributed by atoms with Gasteiger partial charge in [0.2, 0.25) is 0 Å². The van der Waals surface area contributed by atoms with Gasteiger partial charge in [-0.3, -0.25) is 0 Å². The molecule has 2 aromatic rings. The van der Waals surface area contributed by atoms with Gasteiger partial charge in [0.15, 0.2) is 0 Å². The molecule has 2 N–H and O–H groups in total. The van der Waals surface area contributed by atoms with E-state index in [1.165, 1.54) is 5.56 Å². The van der Waals surface area contributed by atoms with E-state index in [0.29, 0.717) is 5.92 Å². The molecule has 0 aliphatic heterocycles. The molecule has 0 bridgehead atoms. The van der Waals surface area contributed by atoms with Crippen LogP contribution in [0, 0.1) is 6.92 Å². The summed E-state index contributed by atoms with van der Waals surface area (Å²) in [6.45, 7) is 9.31. The van der Waals surface area contributed by atoms with E-state index < -0.39 is 0 Å². The number of aromatic nitrogens is 2. The van der Waals surface area contributed by atoms with Gasteiger partial charge in [-0.2, -0.15) is 0 Å². The molecule has 0 saturated heterocycles. The zero-order valence-electron chi connectivity index (χ0n) is 12.6. The van der Waals surface area contributed by atoms with Gasteiger partial charge in [0.25, 0.3) is 0 Å². The van der Waals surface area contributed by atoms with Crippen molar-refractivity contribution in [3.63, 3.8) is 0 Å². The lowest BCUT2D eigenvalue weighted by atomic mass is 10.0. The van der Waals surface area contributed by atoms with Crippen LogP contribution in [0.1, 0.15) is 37.8 Å². The monoisotopic (exact) mass is 270 g/mol. The Labute approximate surface area is 120 Å². The van der Waals surface area contributed by atoms with Crippen LogP contribution < -0.4 is 10.6 Å². The number of hydrogen-bond acceptors (Lipinski definition) is 4. The predicted octanol–water partition coefficient (Wildman–Crippen LogP) is 4.08. The topological polar surface area (TPSA) is 49.8 Å². The smallest absolute Gasteiger partial charge is 0.139 e. The average Bonchev–Trinajstić information content (AvgIpc) is 2.39. The summed E-state index contributed by atoms with van der Waals surface area (Å²) >= 11 is 0. The zero-order chi connectivity index (χ0) is 14.5. The van der Waals surface area contributed by atoms with Crippen LogP contribution in [0.5, 0.6) is 0 Å². The summed E-state index contributed by atoms with van der Waals surface area (Å²) in [5.41, 5.74) is 3.39. The molecule has 0 fully saturated rings. The van der Waals surface area contributed by atoms with Crippen LogP contribution in [0.15, 0.2) is 30.6 Å². The fraction of sp³-hybridized carbons (Fsp3) is 0.375. The van der Waals surface area contributed by atoms with Crippen molar-refractivity contribution in [1.29, 1.82) is 0 Å². The number of aryl methyl sites for hydroxylation is 1. The highest BCUT2D eigenvalue weighted by Gasteiger charge is 2.14. The fourth-order valence-electron chi connectivity index (χ4n) is 2.21. The maximum Gasteiger partial charge on any atom is 0.139 e. The summed E-state index contributed by atoms with van der Waals surface area (Å²) in [6, 6.07) is 8.28. The van der Waals surface area contributed by atoms with Crippen molar-refractivity contribution < 1.29 is 0 Å². The number of rotatable bonds is 5. The van der Waals surface area contributed by atoms with Crippen molar-refractivity contribution in [2.75, 3.05) is 17.2 Å². The first kappa shape index (κ1) is 14.3. The molecule has 1 aromatic heterocycles. The second-order valence-electron chi connectivity index (χ2n) is 5.16. The number of nitrogens with zero attached hydrogens (tertiary/aromatic N) is 2. The van der Waals surface area contributed by atoms with Gasteiger partial charge in [-0.25, -0.2) is 9.97 Å². The summed E-state index contributed by atoms with van der Waals surface area (Å²) in [4.78, 5) is 8.75. The molecular weight excluding hydrogens is 248 g/mol. The van der Waals surface area contributed by atoms with E-state index in [2.05, 4.69) is 60.4 Å². The minimum absolute atomic E-state index is 0.345. The highest BCUT2D eigenvalue weighted by Crippen LogP contribution is 2.30. The van der Waals surface area contributed by atoms with Crippen LogP contribution in [0.25, 0.3) is 0 Å². The van der Waals surface area contributed by atoms with E-state index in [-0.39, 0.29) is 0 Å². The molecule has 0 saturated carbocycles. The van der Waals surface area contributed by atoms with Gasteiger partial charge < -0.3 is 10.6 Å². The van der Waals surface area contributed by atoms with Crippen LogP contribution in [-0.2, 0) is 0 Å². The summed E-state index contributed by atoms with van der Waals surface area (Å²) in [5, 5.41) is 6.71. The third-order valence-electron chi connectivity index (χ3n) is 3.09. The Kier molecular flexibility index (Phi) is 4.56. The molecule has 106 valence electrons. The zero-order valence-corrected chi connectivity index (χ0v) is 12.6. The molecule has 1 heterocycles. The Balaban J connectivity index is 2.38. The van der Waals surface area contributed by atoms with E-state index in [1.807, 2.05) is 12.1 Å². The van der Waals surface area contributed by atoms with Gasteiger partial charge in [-0.05, 0) is 37.5 Å². The largest absolute Gasteiger partial charge is 0.370 e. The maximum absolute atomic E-state index is 4.41. The molecule has 4 nitrogen and oxygen atoms in total. The van der Waals surface area contributed by atoms with Gasteiger partial charge in [0.1, 0.15) is 18.0 Å². The second-order valence-corrected chi connectivity index (χ2v) is 5.16. The second kappa shape index (κ2) is 6.37. The Hall–Kier alpha value is -2.10. The minimum atomic E-state index is 0.345. The first-order valence-corrected chi connectivity index (χ1v) is 7.04. The molecule has 4 heteroatoms. The normalized spacial score (nSPS) is 10.7. The standard InChI is InChI=1S/C16H22N4/c1-5-17-15-14(11(2)3)16(19-10-18-15)20-13-8-6-7-12(4)9-13/h6-11H,5H2,1-4H3,(H2,17,18,19,20). The molecule has 1 aromatic carbocycles. The quantitative estimate of drug-likeness (QED) is 0.859. The number of anilines is 3. The average molecular weight is 270 g/mol. The van der Waals surface area contributed by atoms with Gasteiger partial charge in [-0.15, -0.1) is 0 Å². The lowest BCUT2D eigenvalue weighted by Crippen LogP contribution is -2.09. The molecule has 0 aliphatic carbocycles. The van der Waals surface area contributed by atoms with E-state index in [4.69, 9.17) is 0 Å². The van der Waals surface area contributed by atoms with Gasteiger partial charge in [0.05, 0.1) is 0 Å². The SMILES string of the molecule is CCNc1ncnc(Nc2cccc(C)c2)c1C(C)C. The summed E-state index contributed by atoms with van der Waals surface area (Å²) in [7, 11) is 0. The van der Waals surface area contributed by atoms with Gasteiger partial charge >= 0.3 is 0 Å². The lowest BCUT2D eigenvalue weighted by molar-refractivity contribution is 0.849. The first-order chi connectivity index (χ1) is 9.61. The van der Waals surface area contributed by atoms with E-state index in [0.717, 1.165) is 29.4 Å². The molecule has 0 amide bonds. The highest BCUT2D eigenvalue weighted by molar-refractivity contribution is 5.66. The van der Waals surface area contributed by atoms with Crippen molar-refractivity contribution in [3.8, 4) is 0 Å². The summed E-state index contributed by atoms with van der Waals surface area (Å²) in [5.74, 6) is 2.13. The number of nitrogens with one attached hydrogen (secondary N) is 2. The van der Waals surface area contributed by atoms with E-state index in [9.17, 15) is 0 Å². The summed E-state index contributed by atoms with van der Waals surface area (Å²) < 4.78 is 0. The Morgan fingerprint density at radius 1 is 1.15 bits per heavy atom. The van der Waals surface area contributed by atoms with Crippen molar-refractivity contribution in [2.45, 2.75) is 33.6 Å². The van der Waals surface area contributed by atoms with Crippen molar-refractivity contribution in [2.24, 2.45) is 0 Å².